The molecule has 0 saturated heterocycles. The molecule has 0 radical (unpaired) electrons. The number of nitrogens with zero attached hydrogens (tertiary/aromatic N) is 2. The van der Waals surface area contributed by atoms with E-state index in [-0.39, 0.29) is 10.8 Å². The molecule has 2 heterocycles. The summed E-state index contributed by atoms with van der Waals surface area (Å²) in [5.41, 5.74) is 8.08. The molecule has 0 amide bonds. The molecule has 0 atom stereocenters. The van der Waals surface area contributed by atoms with Gasteiger partial charge in [-0.3, -0.25) is 0 Å². The highest BCUT2D eigenvalue weighted by atomic mass is 35.5. The van der Waals surface area contributed by atoms with Gasteiger partial charge in [-0.1, -0.05) is 116 Å². The lowest BCUT2D eigenvalue weighted by atomic mass is 9.79. The van der Waals surface area contributed by atoms with Crippen molar-refractivity contribution >= 4 is 57.1 Å². The van der Waals surface area contributed by atoms with Crippen LogP contribution in [0.25, 0.3) is 16.8 Å². The van der Waals surface area contributed by atoms with Crippen LogP contribution < -0.4 is 4.90 Å². The zero-order valence-corrected chi connectivity index (χ0v) is 26.8. The van der Waals surface area contributed by atoms with Crippen LogP contribution in [-0.4, -0.2) is 23.4 Å². The maximum Gasteiger partial charge on any atom is 0.210 e. The number of rotatable bonds is 7. The molecule has 0 fully saturated rings. The summed E-state index contributed by atoms with van der Waals surface area (Å²) in [5, 5.41) is 3.72. The number of allylic oxidation sites excluding steroid dienone is 4. The second-order valence-corrected chi connectivity index (χ2v) is 13.1. The average Bonchev–Trinajstić information content (AvgIpc) is 3.33. The van der Waals surface area contributed by atoms with Crippen molar-refractivity contribution in [2.24, 2.45) is 0 Å². The first kappa shape index (κ1) is 29.2. The zero-order chi connectivity index (χ0) is 30.4. The van der Waals surface area contributed by atoms with Crippen molar-refractivity contribution in [3.8, 4) is 0 Å². The summed E-state index contributed by atoms with van der Waals surface area (Å²) in [5.74, 6) is 0. The fourth-order valence-electron chi connectivity index (χ4n) is 6.81. The van der Waals surface area contributed by atoms with Crippen molar-refractivity contribution < 1.29 is 4.58 Å². The highest BCUT2D eigenvalue weighted by Gasteiger charge is 2.45. The Morgan fingerprint density at radius 1 is 0.837 bits per heavy atom. The smallest absolute Gasteiger partial charge is 0.210 e. The monoisotopic (exact) mass is 603 g/mol. The number of hydrogen-bond donors (Lipinski definition) is 0. The molecule has 4 heteroatoms. The third-order valence-electron chi connectivity index (χ3n) is 8.91. The molecule has 0 bridgehead atoms. The largest absolute Gasteiger partial charge is 0.340 e. The fourth-order valence-corrected chi connectivity index (χ4v) is 7.13. The first-order valence-corrected chi connectivity index (χ1v) is 15.6. The Morgan fingerprint density at radius 3 is 2.33 bits per heavy atom. The van der Waals surface area contributed by atoms with E-state index in [1.54, 1.807) is 0 Å². The molecule has 2 aliphatic rings. The van der Waals surface area contributed by atoms with Crippen molar-refractivity contribution in [2.75, 3.05) is 18.0 Å². The van der Waals surface area contributed by atoms with Crippen LogP contribution in [0.2, 0.25) is 10.0 Å². The Bertz CT molecular complexity index is 1860. The van der Waals surface area contributed by atoms with Crippen molar-refractivity contribution in [3.05, 3.63) is 148 Å². The first-order valence-electron chi connectivity index (χ1n) is 14.8. The molecule has 4 aromatic rings. The SMILES string of the molecule is C=CC[N+]1=C(C=CC=C2N(CC=Cc3ccccc3)c3cc(Cl)c(Cl)cc3C2(C)C)C(C)(C)c2c1ccc1ccccc21. The molecular formula is C39H37Cl2N2+. The van der Waals surface area contributed by atoms with E-state index in [2.05, 4.69) is 135 Å². The van der Waals surface area contributed by atoms with Crippen molar-refractivity contribution in [2.45, 2.75) is 38.5 Å². The minimum Gasteiger partial charge on any atom is -0.340 e. The summed E-state index contributed by atoms with van der Waals surface area (Å²) in [6.45, 7) is 14.7. The van der Waals surface area contributed by atoms with Crippen LogP contribution >= 0.6 is 23.2 Å². The number of benzene rings is 4. The van der Waals surface area contributed by atoms with E-state index in [4.69, 9.17) is 23.2 Å². The van der Waals surface area contributed by atoms with Gasteiger partial charge in [-0.05, 0) is 66.1 Å². The van der Waals surface area contributed by atoms with Crippen LogP contribution in [0.1, 0.15) is 44.4 Å². The van der Waals surface area contributed by atoms with Crippen LogP contribution in [0, 0.1) is 0 Å². The predicted molar refractivity (Wildman–Crippen MR) is 186 cm³/mol. The van der Waals surface area contributed by atoms with Crippen molar-refractivity contribution in [1.29, 1.82) is 0 Å². The van der Waals surface area contributed by atoms with Gasteiger partial charge in [-0.2, -0.15) is 4.58 Å². The normalized spacial score (nSPS) is 17.9. The van der Waals surface area contributed by atoms with Crippen molar-refractivity contribution in [1.82, 2.24) is 0 Å². The molecule has 0 aliphatic carbocycles. The topological polar surface area (TPSA) is 6.25 Å². The van der Waals surface area contributed by atoms with Crippen LogP contribution in [-0.2, 0) is 10.8 Å². The summed E-state index contributed by atoms with van der Waals surface area (Å²) < 4.78 is 2.40. The summed E-state index contributed by atoms with van der Waals surface area (Å²) in [7, 11) is 0. The third-order valence-corrected chi connectivity index (χ3v) is 9.63. The Labute approximate surface area is 265 Å². The summed E-state index contributed by atoms with van der Waals surface area (Å²) >= 11 is 13.1. The summed E-state index contributed by atoms with van der Waals surface area (Å²) in [4.78, 5) is 2.36. The van der Waals surface area contributed by atoms with Gasteiger partial charge in [0.1, 0.15) is 0 Å². The Morgan fingerprint density at radius 2 is 1.56 bits per heavy atom. The molecule has 4 aromatic carbocycles. The molecule has 0 unspecified atom stereocenters. The molecule has 0 spiro atoms. The Hall–Kier alpha value is -3.85. The van der Waals surface area contributed by atoms with Crippen molar-refractivity contribution in [3.63, 3.8) is 0 Å². The lowest BCUT2D eigenvalue weighted by molar-refractivity contribution is -0.425. The van der Waals surface area contributed by atoms with Gasteiger partial charge in [0.25, 0.3) is 0 Å². The van der Waals surface area contributed by atoms with Gasteiger partial charge in [0.15, 0.2) is 12.3 Å². The molecule has 216 valence electrons. The van der Waals surface area contributed by atoms with Crippen LogP contribution in [0.3, 0.4) is 0 Å². The van der Waals surface area contributed by atoms with E-state index in [9.17, 15) is 0 Å². The summed E-state index contributed by atoms with van der Waals surface area (Å²) in [6.07, 6.45) is 13.1. The Kier molecular flexibility index (Phi) is 7.71. The van der Waals surface area contributed by atoms with E-state index < -0.39 is 0 Å². The molecule has 0 aromatic heterocycles. The maximum absolute atomic E-state index is 6.55. The van der Waals surface area contributed by atoms with Crippen LogP contribution in [0.5, 0.6) is 0 Å². The minimum atomic E-state index is -0.260. The fraction of sp³-hybridized carbons (Fsp3) is 0.205. The van der Waals surface area contributed by atoms with Crippen LogP contribution in [0.15, 0.2) is 122 Å². The predicted octanol–water partition coefficient (Wildman–Crippen LogP) is 10.7. The standard InChI is InChI=1S/C39H37Cl2N2/c1-6-23-42-33-22-21-28-17-10-11-18-29(28)37(33)39(4,5)36(42)20-12-19-35-38(2,3)30-25-31(40)32(41)26-34(30)43(35)24-13-16-27-14-8-7-9-15-27/h6-22,25-26H,1,23-24H2,2-5H3/q+1. The molecular weight excluding hydrogens is 567 g/mol. The van der Waals surface area contributed by atoms with Gasteiger partial charge < -0.3 is 4.90 Å². The second-order valence-electron chi connectivity index (χ2n) is 12.3. The van der Waals surface area contributed by atoms with Gasteiger partial charge in [0, 0.05) is 41.1 Å². The lowest BCUT2D eigenvalue weighted by Crippen LogP contribution is -2.28. The highest BCUT2D eigenvalue weighted by Crippen LogP contribution is 2.50. The third kappa shape index (κ3) is 5.07. The molecule has 0 saturated carbocycles. The van der Waals surface area contributed by atoms with Gasteiger partial charge in [0.05, 0.1) is 15.5 Å². The average molecular weight is 605 g/mol. The van der Waals surface area contributed by atoms with E-state index in [0.717, 1.165) is 12.2 Å². The number of hydrogen-bond acceptors (Lipinski definition) is 1. The number of halogens is 2. The lowest BCUT2D eigenvalue weighted by Gasteiger charge is -2.26. The highest BCUT2D eigenvalue weighted by molar-refractivity contribution is 6.42. The van der Waals surface area contributed by atoms with E-state index in [1.165, 1.54) is 44.6 Å². The molecule has 43 heavy (non-hydrogen) atoms. The van der Waals surface area contributed by atoms with E-state index in [0.29, 0.717) is 16.6 Å². The van der Waals surface area contributed by atoms with Gasteiger partial charge in [-0.25, -0.2) is 0 Å². The molecule has 6 rings (SSSR count). The molecule has 0 N–H and O–H groups in total. The van der Waals surface area contributed by atoms with E-state index >= 15 is 0 Å². The molecule has 2 nitrogen and oxygen atoms in total. The van der Waals surface area contributed by atoms with E-state index in [1.807, 2.05) is 24.3 Å². The van der Waals surface area contributed by atoms with Gasteiger partial charge in [-0.15, -0.1) is 0 Å². The second kappa shape index (κ2) is 11.3. The minimum absolute atomic E-state index is 0.179. The maximum atomic E-state index is 6.55. The van der Waals surface area contributed by atoms with Gasteiger partial charge in [0.2, 0.25) is 5.69 Å². The summed E-state index contributed by atoms with van der Waals surface area (Å²) in [6, 6.07) is 27.6. The molecule has 2 aliphatic heterocycles. The zero-order valence-electron chi connectivity index (χ0n) is 25.2. The van der Waals surface area contributed by atoms with Crippen LogP contribution in [0.4, 0.5) is 11.4 Å². The quantitative estimate of drug-likeness (QED) is 0.150. The first-order chi connectivity index (χ1) is 20.6. The Balaban J connectivity index is 1.42. The van der Waals surface area contributed by atoms with Gasteiger partial charge >= 0.3 is 0 Å². The number of fused-ring (bicyclic) bond motifs is 4. The number of anilines is 1.